The summed E-state index contributed by atoms with van der Waals surface area (Å²) in [7, 11) is 0. The summed E-state index contributed by atoms with van der Waals surface area (Å²) >= 11 is 0. The average molecular weight is 464 g/mol. The van der Waals surface area contributed by atoms with Crippen molar-refractivity contribution in [3.63, 3.8) is 0 Å². The lowest BCUT2D eigenvalue weighted by atomic mass is 10.1. The van der Waals surface area contributed by atoms with E-state index in [4.69, 9.17) is 0 Å². The Morgan fingerprint density at radius 3 is 2.17 bits per heavy atom. The van der Waals surface area contributed by atoms with Gasteiger partial charge in [0.25, 0.3) is 0 Å². The van der Waals surface area contributed by atoms with Crippen molar-refractivity contribution in [1.82, 2.24) is 0 Å². The Kier molecular flexibility index (Phi) is 10.2. The smallest absolute Gasteiger partial charge is 0.212 e. The van der Waals surface area contributed by atoms with Gasteiger partial charge in [-0.15, -0.1) is 0 Å². The molecule has 1 aromatic heterocycles. The molecule has 0 unspecified atom stereocenters. The summed E-state index contributed by atoms with van der Waals surface area (Å²) in [5, 5.41) is 1.02. The van der Waals surface area contributed by atoms with Gasteiger partial charge in [-0.25, -0.2) is 4.39 Å². The third kappa shape index (κ3) is 4.99. The van der Waals surface area contributed by atoms with E-state index < -0.39 is 0 Å². The maximum absolute atomic E-state index is 14.1. The SMILES string of the molecule is CC[N+](CC)(CC)CCC[n+]1cc(F)c(C)c2ccccc21.[Br-].[Br-]. The number of hydrogen-bond donors (Lipinski definition) is 0. The number of fused-ring (bicyclic) bond motifs is 1. The van der Waals surface area contributed by atoms with Crippen molar-refractivity contribution in [2.75, 3.05) is 26.2 Å². The molecule has 0 aliphatic carbocycles. The van der Waals surface area contributed by atoms with E-state index in [2.05, 4.69) is 31.4 Å². The fourth-order valence-corrected chi connectivity index (χ4v) is 3.38. The van der Waals surface area contributed by atoms with Gasteiger partial charge in [-0.1, -0.05) is 12.1 Å². The number of nitrogens with zero attached hydrogens (tertiary/aromatic N) is 2. The minimum Gasteiger partial charge on any atom is -1.00 e. The third-order valence-corrected chi connectivity index (χ3v) is 5.29. The first-order chi connectivity index (χ1) is 10.6. The molecular weight excluding hydrogens is 435 g/mol. The molecule has 0 spiro atoms. The molecule has 0 fully saturated rings. The molecule has 0 N–H and O–H groups in total. The predicted octanol–water partition coefficient (Wildman–Crippen LogP) is -2.15. The van der Waals surface area contributed by atoms with Crippen LogP contribution in [0.5, 0.6) is 0 Å². The van der Waals surface area contributed by atoms with E-state index in [1.807, 2.05) is 25.1 Å². The van der Waals surface area contributed by atoms with Crippen LogP contribution < -0.4 is 38.5 Å². The van der Waals surface area contributed by atoms with Crippen molar-refractivity contribution in [3.05, 3.63) is 41.8 Å². The summed E-state index contributed by atoms with van der Waals surface area (Å²) in [4.78, 5) is 0. The van der Waals surface area contributed by atoms with Crippen molar-refractivity contribution in [2.45, 2.75) is 40.7 Å². The van der Waals surface area contributed by atoms with Crippen molar-refractivity contribution in [3.8, 4) is 0 Å². The fraction of sp³-hybridized carbons (Fsp3) is 0.526. The van der Waals surface area contributed by atoms with Gasteiger partial charge in [0.15, 0.2) is 12.4 Å². The molecule has 0 radical (unpaired) electrons. The minimum absolute atomic E-state index is 0. The lowest BCUT2D eigenvalue weighted by molar-refractivity contribution is -0.925. The molecule has 0 aliphatic rings. The zero-order valence-electron chi connectivity index (χ0n) is 15.2. The molecule has 1 heterocycles. The van der Waals surface area contributed by atoms with E-state index in [1.165, 1.54) is 19.6 Å². The highest BCUT2D eigenvalue weighted by atomic mass is 79.9. The molecule has 24 heavy (non-hydrogen) atoms. The van der Waals surface area contributed by atoms with Crippen LogP contribution in [0.4, 0.5) is 4.39 Å². The van der Waals surface area contributed by atoms with Gasteiger partial charge in [0.05, 0.1) is 38.0 Å². The van der Waals surface area contributed by atoms with Gasteiger partial charge in [-0.05, 0) is 33.8 Å². The molecule has 0 saturated heterocycles. The number of para-hydroxylation sites is 1. The maximum Gasteiger partial charge on any atom is 0.212 e. The lowest BCUT2D eigenvalue weighted by Gasteiger charge is -2.35. The molecular formula is C19H29Br2FN2. The molecule has 2 rings (SSSR count). The first kappa shape index (κ1) is 23.5. The van der Waals surface area contributed by atoms with Gasteiger partial charge >= 0.3 is 0 Å². The highest BCUT2D eigenvalue weighted by Crippen LogP contribution is 2.17. The van der Waals surface area contributed by atoms with Crippen molar-refractivity contribution >= 4 is 10.9 Å². The second-order valence-corrected chi connectivity index (χ2v) is 6.18. The van der Waals surface area contributed by atoms with E-state index in [1.54, 1.807) is 6.20 Å². The van der Waals surface area contributed by atoms with Gasteiger partial charge in [-0.3, -0.25) is 0 Å². The van der Waals surface area contributed by atoms with Crippen LogP contribution in [0.2, 0.25) is 0 Å². The number of benzene rings is 1. The molecule has 0 aliphatic heterocycles. The highest BCUT2D eigenvalue weighted by molar-refractivity contribution is 5.79. The number of quaternary nitrogens is 1. The minimum atomic E-state index is -0.110. The van der Waals surface area contributed by atoms with Gasteiger partial charge in [0, 0.05) is 11.6 Å². The van der Waals surface area contributed by atoms with Crippen molar-refractivity contribution in [1.29, 1.82) is 0 Å². The van der Waals surface area contributed by atoms with Crippen LogP contribution in [-0.2, 0) is 6.54 Å². The zero-order valence-corrected chi connectivity index (χ0v) is 18.3. The standard InChI is InChI=1S/C19H29FN2.2BrH/c1-5-22(6-2,7-3)14-10-13-21-15-18(20)16(4)17-11-8-9-12-19(17)21;;/h8-9,11-12,15H,5-7,10,13-14H2,1-4H3;2*1H/q+2;;/p-2. The molecule has 1 aromatic carbocycles. The molecule has 2 aromatic rings. The predicted molar refractivity (Wildman–Crippen MR) is 90.2 cm³/mol. The molecule has 0 bridgehead atoms. The van der Waals surface area contributed by atoms with Gasteiger partial charge in [0.1, 0.15) is 0 Å². The van der Waals surface area contributed by atoms with Crippen LogP contribution in [0.3, 0.4) is 0 Å². The normalized spacial score (nSPS) is 11.0. The number of aryl methyl sites for hydroxylation is 2. The number of hydrogen-bond acceptors (Lipinski definition) is 0. The Balaban J connectivity index is 0.00000264. The fourth-order valence-electron chi connectivity index (χ4n) is 3.38. The van der Waals surface area contributed by atoms with Gasteiger partial charge in [0.2, 0.25) is 11.7 Å². The first-order valence-electron chi connectivity index (χ1n) is 8.49. The largest absolute Gasteiger partial charge is 1.00 e. The van der Waals surface area contributed by atoms with Crippen LogP contribution in [-0.4, -0.2) is 30.7 Å². The van der Waals surface area contributed by atoms with E-state index in [9.17, 15) is 4.39 Å². The lowest BCUT2D eigenvalue weighted by Crippen LogP contribution is -3.00. The van der Waals surface area contributed by atoms with Crippen molar-refractivity contribution < 1.29 is 47.4 Å². The van der Waals surface area contributed by atoms with Crippen molar-refractivity contribution in [2.24, 2.45) is 0 Å². The topological polar surface area (TPSA) is 3.88 Å². The second-order valence-electron chi connectivity index (χ2n) is 6.18. The maximum atomic E-state index is 14.1. The number of pyridine rings is 1. The second kappa shape index (κ2) is 10.5. The van der Waals surface area contributed by atoms with E-state index in [0.717, 1.165) is 40.5 Å². The quantitative estimate of drug-likeness (QED) is 0.325. The van der Waals surface area contributed by atoms with Crippen LogP contribution in [0.25, 0.3) is 10.9 Å². The summed E-state index contributed by atoms with van der Waals surface area (Å²) in [6, 6.07) is 8.10. The Hall–Kier alpha value is -0.520. The Morgan fingerprint density at radius 1 is 1.00 bits per heavy atom. The Labute approximate surface area is 166 Å². The number of aromatic nitrogens is 1. The molecule has 136 valence electrons. The summed E-state index contributed by atoms with van der Waals surface area (Å²) in [6.45, 7) is 14.2. The molecule has 5 heteroatoms. The van der Waals surface area contributed by atoms with E-state index in [0.29, 0.717) is 0 Å². The third-order valence-electron chi connectivity index (χ3n) is 5.29. The van der Waals surface area contributed by atoms with Crippen LogP contribution in [0.15, 0.2) is 30.5 Å². The molecule has 0 atom stereocenters. The summed E-state index contributed by atoms with van der Waals surface area (Å²) in [5.74, 6) is -0.110. The molecule has 0 amide bonds. The summed E-state index contributed by atoms with van der Waals surface area (Å²) < 4.78 is 17.4. The van der Waals surface area contributed by atoms with E-state index >= 15 is 0 Å². The van der Waals surface area contributed by atoms with Crippen LogP contribution in [0, 0.1) is 12.7 Å². The number of rotatable bonds is 7. The van der Waals surface area contributed by atoms with Gasteiger partial charge in [-0.2, -0.15) is 4.57 Å². The number of halogens is 3. The zero-order chi connectivity index (χ0) is 16.2. The summed E-state index contributed by atoms with van der Waals surface area (Å²) in [6.07, 6.45) is 2.74. The first-order valence-corrected chi connectivity index (χ1v) is 8.49. The average Bonchev–Trinajstić information content (AvgIpc) is 2.56. The van der Waals surface area contributed by atoms with Crippen LogP contribution in [0.1, 0.15) is 32.8 Å². The Morgan fingerprint density at radius 2 is 1.58 bits per heavy atom. The molecule has 0 saturated carbocycles. The molecule has 2 nitrogen and oxygen atoms in total. The van der Waals surface area contributed by atoms with Gasteiger partial charge < -0.3 is 38.4 Å². The summed E-state index contributed by atoms with van der Waals surface area (Å²) in [5.41, 5.74) is 1.87. The highest BCUT2D eigenvalue weighted by Gasteiger charge is 2.22. The Bertz CT molecular complexity index is 634. The van der Waals surface area contributed by atoms with E-state index in [-0.39, 0.29) is 39.8 Å². The monoisotopic (exact) mass is 462 g/mol. The van der Waals surface area contributed by atoms with Crippen LogP contribution >= 0.6 is 0 Å².